The van der Waals surface area contributed by atoms with Gasteiger partial charge in [-0.25, -0.2) is 9.97 Å². The lowest BCUT2D eigenvalue weighted by Crippen LogP contribution is -2.48. The van der Waals surface area contributed by atoms with E-state index in [9.17, 15) is 13.2 Å². The van der Waals surface area contributed by atoms with Gasteiger partial charge < -0.3 is 9.64 Å². The molecule has 2 saturated heterocycles. The molecular formula is C15H21F3N4O. The van der Waals surface area contributed by atoms with Gasteiger partial charge in [-0.1, -0.05) is 0 Å². The molecule has 2 aliphatic rings. The van der Waals surface area contributed by atoms with Gasteiger partial charge in [0.2, 0.25) is 5.95 Å². The highest BCUT2D eigenvalue weighted by Crippen LogP contribution is 2.28. The van der Waals surface area contributed by atoms with Crippen LogP contribution in [0, 0.1) is 5.92 Å². The lowest BCUT2D eigenvalue weighted by Gasteiger charge is -2.37. The zero-order valence-corrected chi connectivity index (χ0v) is 12.9. The third-order valence-electron chi connectivity index (χ3n) is 4.45. The Bertz CT molecular complexity index is 512. The number of hydrogen-bond donors (Lipinski definition) is 0. The SMILES string of the molecule is FC(F)(F)c1ccnc(N2CCN(CC3CCOCC3)CC2)n1. The van der Waals surface area contributed by atoms with Crippen molar-refractivity contribution < 1.29 is 17.9 Å². The summed E-state index contributed by atoms with van der Waals surface area (Å²) in [5, 5.41) is 0. The third kappa shape index (κ3) is 4.32. The molecule has 0 N–H and O–H groups in total. The lowest BCUT2D eigenvalue weighted by atomic mass is 9.99. The summed E-state index contributed by atoms with van der Waals surface area (Å²) in [7, 11) is 0. The van der Waals surface area contributed by atoms with Crippen molar-refractivity contribution >= 4 is 5.95 Å². The summed E-state index contributed by atoms with van der Waals surface area (Å²) < 4.78 is 43.6. The first-order valence-corrected chi connectivity index (χ1v) is 7.97. The highest BCUT2D eigenvalue weighted by molar-refractivity contribution is 5.31. The Morgan fingerprint density at radius 3 is 2.48 bits per heavy atom. The van der Waals surface area contributed by atoms with Crippen LogP contribution in [0.2, 0.25) is 0 Å². The topological polar surface area (TPSA) is 41.5 Å². The van der Waals surface area contributed by atoms with Crippen LogP contribution < -0.4 is 4.90 Å². The van der Waals surface area contributed by atoms with Crippen molar-refractivity contribution in [3.05, 3.63) is 18.0 Å². The first kappa shape index (κ1) is 16.4. The smallest absolute Gasteiger partial charge is 0.381 e. The minimum absolute atomic E-state index is 0.172. The van der Waals surface area contributed by atoms with Crippen LogP contribution in [0.25, 0.3) is 0 Å². The van der Waals surface area contributed by atoms with Crippen LogP contribution in [0.5, 0.6) is 0 Å². The van der Waals surface area contributed by atoms with E-state index in [0.29, 0.717) is 19.0 Å². The number of rotatable bonds is 3. The van der Waals surface area contributed by atoms with Crippen molar-refractivity contribution in [3.8, 4) is 0 Å². The highest BCUT2D eigenvalue weighted by atomic mass is 19.4. The normalized spacial score (nSPS) is 21.6. The second kappa shape index (κ2) is 7.00. The zero-order valence-electron chi connectivity index (χ0n) is 12.9. The quantitative estimate of drug-likeness (QED) is 0.848. The van der Waals surface area contributed by atoms with Crippen LogP contribution in [-0.4, -0.2) is 60.8 Å². The molecule has 5 nitrogen and oxygen atoms in total. The Morgan fingerprint density at radius 2 is 1.83 bits per heavy atom. The van der Waals surface area contributed by atoms with E-state index >= 15 is 0 Å². The van der Waals surface area contributed by atoms with Gasteiger partial charge in [0, 0.05) is 52.1 Å². The number of halogens is 3. The molecule has 3 heterocycles. The number of nitrogens with zero attached hydrogens (tertiary/aromatic N) is 4. The molecule has 2 fully saturated rings. The summed E-state index contributed by atoms with van der Waals surface area (Å²) in [5.74, 6) is 0.839. The summed E-state index contributed by atoms with van der Waals surface area (Å²) in [6.07, 6.45) is -1.06. The van der Waals surface area contributed by atoms with Crippen LogP contribution in [0.4, 0.5) is 19.1 Å². The van der Waals surface area contributed by atoms with Gasteiger partial charge in [-0.15, -0.1) is 0 Å². The molecule has 1 aromatic rings. The Morgan fingerprint density at radius 1 is 1.13 bits per heavy atom. The van der Waals surface area contributed by atoms with Crippen LogP contribution in [-0.2, 0) is 10.9 Å². The fraction of sp³-hybridized carbons (Fsp3) is 0.733. The van der Waals surface area contributed by atoms with Gasteiger partial charge in [0.1, 0.15) is 5.69 Å². The number of alkyl halides is 3. The van der Waals surface area contributed by atoms with Crippen molar-refractivity contribution in [1.82, 2.24) is 14.9 Å². The summed E-state index contributed by atoms with van der Waals surface area (Å²) >= 11 is 0. The van der Waals surface area contributed by atoms with Gasteiger partial charge in [0.05, 0.1) is 0 Å². The summed E-state index contributed by atoms with van der Waals surface area (Å²) in [6, 6.07) is 0.908. The fourth-order valence-electron chi connectivity index (χ4n) is 3.08. The third-order valence-corrected chi connectivity index (χ3v) is 4.45. The van der Waals surface area contributed by atoms with Gasteiger partial charge in [0.25, 0.3) is 0 Å². The predicted molar refractivity (Wildman–Crippen MR) is 79.2 cm³/mol. The van der Waals surface area contributed by atoms with E-state index in [-0.39, 0.29) is 5.95 Å². The molecule has 23 heavy (non-hydrogen) atoms. The van der Waals surface area contributed by atoms with Crippen molar-refractivity contribution in [2.24, 2.45) is 5.92 Å². The molecule has 1 aromatic heterocycles. The van der Waals surface area contributed by atoms with Gasteiger partial charge in [0.15, 0.2) is 0 Å². The Labute approximate surface area is 133 Å². The molecule has 0 atom stereocenters. The molecule has 0 aliphatic carbocycles. The zero-order chi connectivity index (χ0) is 16.3. The minimum atomic E-state index is -4.43. The van der Waals surface area contributed by atoms with Crippen molar-refractivity contribution in [3.63, 3.8) is 0 Å². The van der Waals surface area contributed by atoms with Crippen LogP contribution in [0.3, 0.4) is 0 Å². The first-order chi connectivity index (χ1) is 11.0. The van der Waals surface area contributed by atoms with Crippen molar-refractivity contribution in [2.75, 3.05) is 50.8 Å². The molecule has 8 heteroatoms. The van der Waals surface area contributed by atoms with Crippen LogP contribution >= 0.6 is 0 Å². The minimum Gasteiger partial charge on any atom is -0.381 e. The molecule has 2 aliphatic heterocycles. The highest BCUT2D eigenvalue weighted by Gasteiger charge is 2.33. The van der Waals surface area contributed by atoms with Gasteiger partial charge >= 0.3 is 6.18 Å². The van der Waals surface area contributed by atoms with E-state index < -0.39 is 11.9 Å². The number of ether oxygens (including phenoxy) is 1. The molecule has 3 rings (SSSR count). The maximum Gasteiger partial charge on any atom is 0.433 e. The maximum absolute atomic E-state index is 12.7. The standard InChI is InChI=1S/C15H21F3N4O/c16-15(17,18)13-1-4-19-14(20-13)22-7-5-21(6-8-22)11-12-2-9-23-10-3-12/h1,4,12H,2-3,5-11H2. The van der Waals surface area contributed by atoms with E-state index in [2.05, 4.69) is 14.9 Å². The second-order valence-corrected chi connectivity index (χ2v) is 6.08. The molecule has 0 radical (unpaired) electrons. The fourth-order valence-corrected chi connectivity index (χ4v) is 3.08. The number of piperazine rings is 1. The molecule has 0 amide bonds. The molecule has 0 spiro atoms. The monoisotopic (exact) mass is 330 g/mol. The Kier molecular flexibility index (Phi) is 5.01. The summed E-state index contributed by atoms with van der Waals surface area (Å²) in [5.41, 5.74) is -0.882. The Balaban J connectivity index is 1.54. The van der Waals surface area contributed by atoms with E-state index in [4.69, 9.17) is 4.74 Å². The molecule has 0 saturated carbocycles. The van der Waals surface area contributed by atoms with Gasteiger partial charge in [-0.3, -0.25) is 4.90 Å². The Hall–Kier alpha value is -1.41. The molecular weight excluding hydrogens is 309 g/mol. The molecule has 0 aromatic carbocycles. The average molecular weight is 330 g/mol. The number of anilines is 1. The summed E-state index contributed by atoms with van der Waals surface area (Å²) in [4.78, 5) is 11.9. The number of hydrogen-bond acceptors (Lipinski definition) is 5. The largest absolute Gasteiger partial charge is 0.433 e. The average Bonchev–Trinajstić information content (AvgIpc) is 2.56. The maximum atomic E-state index is 12.7. The molecule has 128 valence electrons. The summed E-state index contributed by atoms with van der Waals surface area (Å²) in [6.45, 7) is 5.69. The second-order valence-electron chi connectivity index (χ2n) is 6.08. The van der Waals surface area contributed by atoms with Gasteiger partial charge in [-0.05, 0) is 24.8 Å². The molecule has 0 bridgehead atoms. The first-order valence-electron chi connectivity index (χ1n) is 7.97. The number of aromatic nitrogens is 2. The van der Waals surface area contributed by atoms with Crippen LogP contribution in [0.1, 0.15) is 18.5 Å². The van der Waals surface area contributed by atoms with E-state index in [1.54, 1.807) is 0 Å². The predicted octanol–water partition coefficient (Wildman–Crippen LogP) is 2.04. The van der Waals surface area contributed by atoms with Crippen LogP contribution in [0.15, 0.2) is 12.3 Å². The van der Waals surface area contributed by atoms with Crippen molar-refractivity contribution in [2.45, 2.75) is 19.0 Å². The van der Waals surface area contributed by atoms with Crippen molar-refractivity contribution in [1.29, 1.82) is 0 Å². The van der Waals surface area contributed by atoms with E-state index in [0.717, 1.165) is 51.8 Å². The lowest BCUT2D eigenvalue weighted by molar-refractivity contribution is -0.141. The van der Waals surface area contributed by atoms with E-state index in [1.165, 1.54) is 6.20 Å². The van der Waals surface area contributed by atoms with E-state index in [1.807, 2.05) is 4.90 Å². The van der Waals surface area contributed by atoms with Gasteiger partial charge in [-0.2, -0.15) is 13.2 Å². The molecule has 0 unspecified atom stereocenters.